The van der Waals surface area contributed by atoms with Crippen LogP contribution >= 0.6 is 0 Å². The normalized spacial score (nSPS) is 10.8. The third kappa shape index (κ3) is 2.68. The number of hydrogen-bond acceptors (Lipinski definition) is 2. The minimum Gasteiger partial charge on any atom is -0.497 e. The number of carbonyl (C=O) groups is 1. The van der Waals surface area contributed by atoms with Gasteiger partial charge in [0, 0.05) is 29.1 Å². The van der Waals surface area contributed by atoms with Crippen molar-refractivity contribution in [3.8, 4) is 5.75 Å². The molecule has 0 unspecified atom stereocenters. The maximum absolute atomic E-state index is 12.5. The molecule has 3 rings (SSSR count). The third-order valence-electron chi connectivity index (χ3n) is 3.64. The number of aromatic amines is 1. The number of aromatic nitrogens is 1. The molecule has 0 aliphatic heterocycles. The van der Waals surface area contributed by atoms with E-state index in [1.165, 1.54) is 5.56 Å². The Morgan fingerprint density at radius 1 is 1.19 bits per heavy atom. The summed E-state index contributed by atoms with van der Waals surface area (Å²) in [7, 11) is 1.63. The molecule has 0 radical (unpaired) electrons. The van der Waals surface area contributed by atoms with Gasteiger partial charge < -0.3 is 9.72 Å². The number of H-pyrrole nitrogens is 1. The van der Waals surface area contributed by atoms with Crippen LogP contribution in [-0.4, -0.2) is 17.9 Å². The van der Waals surface area contributed by atoms with Crippen molar-refractivity contribution in [2.45, 2.75) is 13.3 Å². The molecule has 3 nitrogen and oxygen atoms in total. The van der Waals surface area contributed by atoms with Gasteiger partial charge >= 0.3 is 0 Å². The minimum atomic E-state index is 0.110. The Hall–Kier alpha value is -2.55. The van der Waals surface area contributed by atoms with Gasteiger partial charge in [0.25, 0.3) is 0 Å². The third-order valence-corrected chi connectivity index (χ3v) is 3.64. The maximum atomic E-state index is 12.5. The molecule has 0 saturated heterocycles. The zero-order valence-corrected chi connectivity index (χ0v) is 12.1. The number of ether oxygens (including phenoxy) is 1. The van der Waals surface area contributed by atoms with Crippen LogP contribution in [0.5, 0.6) is 5.75 Å². The fourth-order valence-corrected chi connectivity index (χ4v) is 2.53. The highest BCUT2D eigenvalue weighted by Crippen LogP contribution is 2.22. The molecule has 0 aliphatic rings. The molecule has 3 aromatic rings. The topological polar surface area (TPSA) is 42.1 Å². The minimum absolute atomic E-state index is 0.110. The number of aryl methyl sites for hydroxylation is 1. The molecule has 1 heterocycles. The van der Waals surface area contributed by atoms with Crippen molar-refractivity contribution >= 4 is 16.7 Å². The summed E-state index contributed by atoms with van der Waals surface area (Å²) in [4.78, 5) is 15.7. The number of fused-ring (bicyclic) bond motifs is 1. The predicted octanol–water partition coefficient (Wildman–Crippen LogP) is 3.91. The summed E-state index contributed by atoms with van der Waals surface area (Å²) < 4.78 is 5.19. The second kappa shape index (κ2) is 5.44. The standard InChI is InChI=1S/C18H17NO2/c1-12-6-7-15-16(11-19-17(15)8-12)18(20)10-13-4-3-5-14(9-13)21-2/h3-9,11,19H,10H2,1-2H3. The number of rotatable bonds is 4. The van der Waals surface area contributed by atoms with Gasteiger partial charge in [-0.3, -0.25) is 4.79 Å². The van der Waals surface area contributed by atoms with E-state index in [0.717, 1.165) is 27.8 Å². The van der Waals surface area contributed by atoms with Crippen molar-refractivity contribution in [2.75, 3.05) is 7.11 Å². The van der Waals surface area contributed by atoms with Crippen molar-refractivity contribution < 1.29 is 9.53 Å². The monoisotopic (exact) mass is 279 g/mol. The van der Waals surface area contributed by atoms with Crippen LogP contribution in [0.25, 0.3) is 10.9 Å². The smallest absolute Gasteiger partial charge is 0.169 e. The highest BCUT2D eigenvalue weighted by molar-refractivity contribution is 6.08. The van der Waals surface area contributed by atoms with Gasteiger partial charge in [-0.1, -0.05) is 24.3 Å². The molecule has 0 amide bonds. The van der Waals surface area contributed by atoms with Gasteiger partial charge in [-0.15, -0.1) is 0 Å². The molecular weight excluding hydrogens is 262 g/mol. The molecule has 0 spiro atoms. The molecule has 1 aromatic heterocycles. The van der Waals surface area contributed by atoms with E-state index in [2.05, 4.69) is 11.1 Å². The second-order valence-electron chi connectivity index (χ2n) is 5.20. The van der Waals surface area contributed by atoms with E-state index >= 15 is 0 Å². The lowest BCUT2D eigenvalue weighted by atomic mass is 10.0. The first-order valence-electron chi connectivity index (χ1n) is 6.91. The van der Waals surface area contributed by atoms with E-state index in [0.29, 0.717) is 6.42 Å². The van der Waals surface area contributed by atoms with Crippen LogP contribution in [-0.2, 0) is 6.42 Å². The summed E-state index contributed by atoms with van der Waals surface area (Å²) >= 11 is 0. The molecular formula is C18H17NO2. The van der Waals surface area contributed by atoms with Crippen LogP contribution in [0.4, 0.5) is 0 Å². The Kier molecular flexibility index (Phi) is 3.48. The van der Waals surface area contributed by atoms with Crippen molar-refractivity contribution in [3.63, 3.8) is 0 Å². The number of methoxy groups -OCH3 is 1. The fourth-order valence-electron chi connectivity index (χ4n) is 2.53. The van der Waals surface area contributed by atoms with E-state index in [9.17, 15) is 4.79 Å². The van der Waals surface area contributed by atoms with E-state index < -0.39 is 0 Å². The van der Waals surface area contributed by atoms with Crippen molar-refractivity contribution in [2.24, 2.45) is 0 Å². The second-order valence-corrected chi connectivity index (χ2v) is 5.20. The Morgan fingerprint density at radius 2 is 2.05 bits per heavy atom. The van der Waals surface area contributed by atoms with Crippen molar-refractivity contribution in [1.29, 1.82) is 0 Å². The average molecular weight is 279 g/mol. The van der Waals surface area contributed by atoms with E-state index in [-0.39, 0.29) is 5.78 Å². The number of hydrogen-bond donors (Lipinski definition) is 1. The number of ketones is 1. The number of Topliss-reactive ketones (excluding diaryl/α,β-unsaturated/α-hetero) is 1. The van der Waals surface area contributed by atoms with Crippen molar-refractivity contribution in [3.05, 3.63) is 65.4 Å². The van der Waals surface area contributed by atoms with Gasteiger partial charge in [0.05, 0.1) is 7.11 Å². The van der Waals surface area contributed by atoms with Gasteiger partial charge in [0.1, 0.15) is 5.75 Å². The summed E-state index contributed by atoms with van der Waals surface area (Å²) in [6.07, 6.45) is 2.17. The van der Waals surface area contributed by atoms with E-state index in [1.54, 1.807) is 13.3 Å². The number of carbonyl (C=O) groups excluding carboxylic acids is 1. The lowest BCUT2D eigenvalue weighted by Crippen LogP contribution is -2.03. The lowest BCUT2D eigenvalue weighted by molar-refractivity contribution is 0.0994. The maximum Gasteiger partial charge on any atom is 0.169 e. The summed E-state index contributed by atoms with van der Waals surface area (Å²) in [5.74, 6) is 0.883. The lowest BCUT2D eigenvalue weighted by Gasteiger charge is -2.04. The van der Waals surface area contributed by atoms with Crippen molar-refractivity contribution in [1.82, 2.24) is 4.98 Å². The molecule has 0 atom stereocenters. The van der Waals surface area contributed by atoms with Crippen LogP contribution in [0, 0.1) is 6.92 Å². The van der Waals surface area contributed by atoms with Crippen LogP contribution in [0.2, 0.25) is 0 Å². The van der Waals surface area contributed by atoms with Gasteiger partial charge in [0.2, 0.25) is 0 Å². The first kappa shape index (κ1) is 13.4. The summed E-state index contributed by atoms with van der Waals surface area (Å²) in [6, 6.07) is 13.7. The Bertz CT molecular complexity index is 802. The molecule has 0 saturated carbocycles. The molecule has 0 fully saturated rings. The highest BCUT2D eigenvalue weighted by atomic mass is 16.5. The Labute approximate surface area is 123 Å². The summed E-state index contributed by atoms with van der Waals surface area (Å²) in [5.41, 5.74) is 3.88. The fraction of sp³-hybridized carbons (Fsp3) is 0.167. The van der Waals surface area contributed by atoms with Gasteiger partial charge in [0.15, 0.2) is 5.78 Å². The summed E-state index contributed by atoms with van der Waals surface area (Å²) in [6.45, 7) is 2.04. The molecule has 21 heavy (non-hydrogen) atoms. The molecule has 1 N–H and O–H groups in total. The zero-order valence-electron chi connectivity index (χ0n) is 12.1. The van der Waals surface area contributed by atoms with Gasteiger partial charge in [-0.2, -0.15) is 0 Å². The molecule has 106 valence electrons. The predicted molar refractivity (Wildman–Crippen MR) is 84.1 cm³/mol. The van der Waals surface area contributed by atoms with Crippen LogP contribution < -0.4 is 4.74 Å². The zero-order chi connectivity index (χ0) is 14.8. The van der Waals surface area contributed by atoms with Crippen LogP contribution in [0.1, 0.15) is 21.5 Å². The Balaban J connectivity index is 1.90. The molecule has 0 bridgehead atoms. The molecule has 2 aromatic carbocycles. The van der Waals surface area contributed by atoms with Gasteiger partial charge in [-0.05, 0) is 36.2 Å². The Morgan fingerprint density at radius 3 is 2.86 bits per heavy atom. The van der Waals surface area contributed by atoms with Crippen LogP contribution in [0.15, 0.2) is 48.7 Å². The van der Waals surface area contributed by atoms with E-state index in [4.69, 9.17) is 4.74 Å². The molecule has 0 aliphatic carbocycles. The van der Waals surface area contributed by atoms with E-state index in [1.807, 2.05) is 43.3 Å². The number of benzene rings is 2. The first-order valence-corrected chi connectivity index (χ1v) is 6.91. The largest absolute Gasteiger partial charge is 0.497 e. The SMILES string of the molecule is COc1cccc(CC(=O)c2c[nH]c3cc(C)ccc23)c1. The average Bonchev–Trinajstić information content (AvgIpc) is 2.90. The highest BCUT2D eigenvalue weighted by Gasteiger charge is 2.13. The summed E-state index contributed by atoms with van der Waals surface area (Å²) in [5, 5.41) is 0.980. The quantitative estimate of drug-likeness (QED) is 0.736. The number of nitrogens with one attached hydrogen (secondary N) is 1. The van der Waals surface area contributed by atoms with Crippen LogP contribution in [0.3, 0.4) is 0 Å². The van der Waals surface area contributed by atoms with Gasteiger partial charge in [-0.25, -0.2) is 0 Å². The first-order chi connectivity index (χ1) is 10.2. The molecule has 3 heteroatoms.